The number of nitrogens with one attached hydrogen (secondary N) is 1. The molecule has 1 heterocycles. The molecular weight excluding hydrogens is 222 g/mol. The van der Waals surface area contributed by atoms with Crippen molar-refractivity contribution in [3.63, 3.8) is 0 Å². The van der Waals surface area contributed by atoms with Crippen LogP contribution < -0.4 is 5.32 Å². The van der Waals surface area contributed by atoms with Gasteiger partial charge >= 0.3 is 0 Å². The summed E-state index contributed by atoms with van der Waals surface area (Å²) in [5, 5.41) is 13.5. The average molecular weight is 239 g/mol. The highest BCUT2D eigenvalue weighted by Gasteiger charge is 2.17. The molecule has 2 N–H and O–H groups in total. The van der Waals surface area contributed by atoms with E-state index in [0.717, 1.165) is 24.1 Å². The third-order valence-corrected chi connectivity index (χ3v) is 3.65. The molecule has 92 valence electrons. The summed E-state index contributed by atoms with van der Waals surface area (Å²) in [5.41, 5.74) is 5.93. The number of aryl methyl sites for hydroxylation is 1. The van der Waals surface area contributed by atoms with Crippen molar-refractivity contribution in [1.29, 1.82) is 0 Å². The number of phenols is 1. The van der Waals surface area contributed by atoms with Gasteiger partial charge in [0.05, 0.1) is 0 Å². The van der Waals surface area contributed by atoms with E-state index in [1.807, 2.05) is 18.2 Å². The molecule has 0 saturated heterocycles. The Balaban J connectivity index is 2.22. The fourth-order valence-corrected chi connectivity index (χ4v) is 2.68. The van der Waals surface area contributed by atoms with Gasteiger partial charge in [0.1, 0.15) is 5.75 Å². The Kier molecular flexibility index (Phi) is 2.71. The van der Waals surface area contributed by atoms with Crippen LogP contribution in [0.25, 0.3) is 11.1 Å². The van der Waals surface area contributed by atoms with E-state index >= 15 is 0 Å². The van der Waals surface area contributed by atoms with E-state index in [2.05, 4.69) is 24.4 Å². The topological polar surface area (TPSA) is 32.3 Å². The highest BCUT2D eigenvalue weighted by Crippen LogP contribution is 2.39. The maximum Gasteiger partial charge on any atom is 0.123 e. The van der Waals surface area contributed by atoms with Crippen molar-refractivity contribution in [3.05, 3.63) is 47.5 Å². The van der Waals surface area contributed by atoms with E-state index in [1.54, 1.807) is 6.07 Å². The van der Waals surface area contributed by atoms with E-state index in [0.29, 0.717) is 5.75 Å². The van der Waals surface area contributed by atoms with Crippen molar-refractivity contribution < 1.29 is 5.11 Å². The van der Waals surface area contributed by atoms with Crippen molar-refractivity contribution in [1.82, 2.24) is 0 Å². The summed E-state index contributed by atoms with van der Waals surface area (Å²) in [6.45, 7) is 3.16. The third-order valence-electron chi connectivity index (χ3n) is 3.65. The second-order valence-electron chi connectivity index (χ2n) is 4.83. The molecule has 0 aliphatic carbocycles. The fraction of sp³-hybridized carbons (Fsp3) is 0.250. The standard InChI is InChI=1S/C16H17NO/c1-11-8-9-14(13-5-2-3-7-15(13)18)16-12(11)6-4-10-17-16/h2-3,5,7-9,17-18H,4,6,10H2,1H3. The number of aromatic hydroxyl groups is 1. The van der Waals surface area contributed by atoms with Crippen LogP contribution in [0.4, 0.5) is 5.69 Å². The predicted octanol–water partition coefficient (Wildman–Crippen LogP) is 3.73. The number of benzene rings is 2. The van der Waals surface area contributed by atoms with Crippen molar-refractivity contribution in [3.8, 4) is 16.9 Å². The molecule has 0 fully saturated rings. The monoisotopic (exact) mass is 239 g/mol. The Labute approximate surface area is 107 Å². The van der Waals surface area contributed by atoms with Gasteiger partial charge in [-0.3, -0.25) is 0 Å². The summed E-state index contributed by atoms with van der Waals surface area (Å²) in [6, 6.07) is 11.8. The normalized spacial score (nSPS) is 13.8. The Hall–Kier alpha value is -1.96. The van der Waals surface area contributed by atoms with Crippen LogP contribution in [0.5, 0.6) is 5.75 Å². The largest absolute Gasteiger partial charge is 0.507 e. The lowest BCUT2D eigenvalue weighted by molar-refractivity contribution is 0.477. The summed E-state index contributed by atoms with van der Waals surface area (Å²) < 4.78 is 0. The van der Waals surface area contributed by atoms with E-state index in [4.69, 9.17) is 0 Å². The first-order valence-corrected chi connectivity index (χ1v) is 6.42. The zero-order chi connectivity index (χ0) is 12.5. The molecule has 0 radical (unpaired) electrons. The van der Waals surface area contributed by atoms with Crippen molar-refractivity contribution in [2.45, 2.75) is 19.8 Å². The molecule has 0 amide bonds. The van der Waals surface area contributed by atoms with Crippen LogP contribution in [0.3, 0.4) is 0 Å². The van der Waals surface area contributed by atoms with E-state index in [1.165, 1.54) is 23.2 Å². The smallest absolute Gasteiger partial charge is 0.123 e. The zero-order valence-corrected chi connectivity index (χ0v) is 10.5. The van der Waals surface area contributed by atoms with E-state index in [-0.39, 0.29) is 0 Å². The number of rotatable bonds is 1. The van der Waals surface area contributed by atoms with Crippen LogP contribution in [0.15, 0.2) is 36.4 Å². The summed E-state index contributed by atoms with van der Waals surface area (Å²) in [4.78, 5) is 0. The summed E-state index contributed by atoms with van der Waals surface area (Å²) in [7, 11) is 0. The van der Waals surface area contributed by atoms with Crippen LogP contribution in [-0.4, -0.2) is 11.7 Å². The Morgan fingerprint density at radius 2 is 1.89 bits per heavy atom. The maximum absolute atomic E-state index is 10.0. The summed E-state index contributed by atoms with van der Waals surface area (Å²) in [5.74, 6) is 0.343. The lowest BCUT2D eigenvalue weighted by Crippen LogP contribution is -2.13. The molecule has 2 aromatic carbocycles. The maximum atomic E-state index is 10.0. The van der Waals surface area contributed by atoms with Gasteiger partial charge in [0.2, 0.25) is 0 Å². The highest BCUT2D eigenvalue weighted by atomic mass is 16.3. The lowest BCUT2D eigenvalue weighted by Gasteiger charge is -2.23. The third kappa shape index (κ3) is 1.74. The molecule has 0 aromatic heterocycles. The molecule has 0 atom stereocenters. The van der Waals surface area contributed by atoms with Crippen LogP contribution >= 0.6 is 0 Å². The molecule has 0 saturated carbocycles. The first kappa shape index (κ1) is 11.1. The Morgan fingerprint density at radius 3 is 2.72 bits per heavy atom. The quantitative estimate of drug-likeness (QED) is 0.794. The zero-order valence-electron chi connectivity index (χ0n) is 10.5. The van der Waals surface area contributed by atoms with Gasteiger partial charge in [-0.25, -0.2) is 0 Å². The molecule has 2 aromatic rings. The minimum atomic E-state index is 0.343. The van der Waals surface area contributed by atoms with Crippen molar-refractivity contribution in [2.24, 2.45) is 0 Å². The molecular formula is C16H17NO. The number of phenolic OH excluding ortho intramolecular Hbond substituents is 1. The molecule has 3 rings (SSSR count). The first-order chi connectivity index (χ1) is 8.77. The van der Waals surface area contributed by atoms with Crippen LogP contribution in [0.2, 0.25) is 0 Å². The SMILES string of the molecule is Cc1ccc(-c2ccccc2O)c2c1CCCN2. The Morgan fingerprint density at radius 1 is 1.06 bits per heavy atom. The fourth-order valence-electron chi connectivity index (χ4n) is 2.68. The summed E-state index contributed by atoms with van der Waals surface area (Å²) >= 11 is 0. The van der Waals surface area contributed by atoms with Gasteiger partial charge in [0.25, 0.3) is 0 Å². The minimum Gasteiger partial charge on any atom is -0.507 e. The van der Waals surface area contributed by atoms with Crippen LogP contribution in [0, 0.1) is 6.92 Å². The summed E-state index contributed by atoms with van der Waals surface area (Å²) in [6.07, 6.45) is 2.30. The molecule has 2 heteroatoms. The van der Waals surface area contributed by atoms with Crippen LogP contribution in [-0.2, 0) is 6.42 Å². The average Bonchev–Trinajstić information content (AvgIpc) is 2.41. The van der Waals surface area contributed by atoms with Gasteiger partial charge in [0.15, 0.2) is 0 Å². The molecule has 18 heavy (non-hydrogen) atoms. The van der Waals surface area contributed by atoms with Gasteiger partial charge < -0.3 is 10.4 Å². The van der Waals surface area contributed by atoms with Gasteiger partial charge in [-0.1, -0.05) is 30.3 Å². The predicted molar refractivity (Wildman–Crippen MR) is 75.1 cm³/mol. The Bertz CT molecular complexity index is 590. The van der Waals surface area contributed by atoms with Gasteiger partial charge in [-0.05, 0) is 37.0 Å². The molecule has 0 unspecified atom stereocenters. The van der Waals surface area contributed by atoms with E-state index < -0.39 is 0 Å². The minimum absolute atomic E-state index is 0.343. The van der Waals surface area contributed by atoms with E-state index in [9.17, 15) is 5.11 Å². The molecule has 1 aliphatic rings. The highest BCUT2D eigenvalue weighted by molar-refractivity contribution is 5.84. The molecule has 0 spiro atoms. The molecule has 0 bridgehead atoms. The lowest BCUT2D eigenvalue weighted by atomic mass is 9.91. The van der Waals surface area contributed by atoms with Gasteiger partial charge in [0, 0.05) is 23.4 Å². The van der Waals surface area contributed by atoms with Crippen molar-refractivity contribution >= 4 is 5.69 Å². The van der Waals surface area contributed by atoms with Crippen LogP contribution in [0.1, 0.15) is 17.5 Å². The number of anilines is 1. The van der Waals surface area contributed by atoms with Gasteiger partial charge in [-0.2, -0.15) is 0 Å². The number of para-hydroxylation sites is 1. The number of fused-ring (bicyclic) bond motifs is 1. The second kappa shape index (κ2) is 4.37. The van der Waals surface area contributed by atoms with Crippen molar-refractivity contribution in [2.75, 3.05) is 11.9 Å². The van der Waals surface area contributed by atoms with Gasteiger partial charge in [-0.15, -0.1) is 0 Å². The number of hydrogen-bond donors (Lipinski definition) is 2. The molecule has 1 aliphatic heterocycles. The number of hydrogen-bond acceptors (Lipinski definition) is 2. The first-order valence-electron chi connectivity index (χ1n) is 6.42. The second-order valence-corrected chi connectivity index (χ2v) is 4.83. The molecule has 2 nitrogen and oxygen atoms in total.